The molecule has 1 saturated heterocycles. The van der Waals surface area contributed by atoms with Gasteiger partial charge in [-0.15, -0.1) is 0 Å². The lowest BCUT2D eigenvalue weighted by molar-refractivity contribution is -0.127. The highest BCUT2D eigenvalue weighted by atomic mass is 16.2. The van der Waals surface area contributed by atoms with Gasteiger partial charge in [0.2, 0.25) is 17.7 Å². The largest absolute Gasteiger partial charge is 0.356 e. The zero-order valence-corrected chi connectivity index (χ0v) is 18.1. The molecule has 1 aromatic carbocycles. The van der Waals surface area contributed by atoms with Crippen LogP contribution in [-0.2, 0) is 14.4 Å². The van der Waals surface area contributed by atoms with Crippen molar-refractivity contribution in [1.29, 1.82) is 0 Å². The number of aromatic amines is 1. The van der Waals surface area contributed by atoms with Gasteiger partial charge >= 0.3 is 0 Å². The number of carbonyl (C=O) groups excluding carboxylic acids is 4. The first-order valence-electron chi connectivity index (χ1n) is 10.8. The van der Waals surface area contributed by atoms with E-state index in [1.54, 1.807) is 6.07 Å². The Labute approximate surface area is 186 Å². The maximum Gasteiger partial charge on any atom is 0.268 e. The van der Waals surface area contributed by atoms with Crippen LogP contribution in [0, 0.1) is 5.92 Å². The number of H-pyrrole nitrogens is 1. The molecule has 0 radical (unpaired) electrons. The summed E-state index contributed by atoms with van der Waals surface area (Å²) in [7, 11) is 0. The Morgan fingerprint density at radius 3 is 2.66 bits per heavy atom. The van der Waals surface area contributed by atoms with E-state index >= 15 is 0 Å². The molecule has 2 heterocycles. The average molecular weight is 440 g/mol. The summed E-state index contributed by atoms with van der Waals surface area (Å²) in [6.07, 6.45) is 2.32. The van der Waals surface area contributed by atoms with Gasteiger partial charge < -0.3 is 26.3 Å². The van der Waals surface area contributed by atoms with Gasteiger partial charge in [0.05, 0.1) is 0 Å². The lowest BCUT2D eigenvalue weighted by atomic mass is 10.0. The van der Waals surface area contributed by atoms with Crippen LogP contribution in [0.1, 0.15) is 43.1 Å². The number of amides is 4. The summed E-state index contributed by atoms with van der Waals surface area (Å²) in [4.78, 5) is 52.6. The summed E-state index contributed by atoms with van der Waals surface area (Å²) in [5.74, 6) is -1.69. The van der Waals surface area contributed by atoms with Crippen LogP contribution >= 0.6 is 0 Å². The van der Waals surface area contributed by atoms with Gasteiger partial charge in [0.1, 0.15) is 17.9 Å². The molecule has 1 fully saturated rings. The first kappa shape index (κ1) is 23.1. The minimum absolute atomic E-state index is 0.102. The number of carbonyl (C=O) groups is 4. The lowest BCUT2D eigenvalue weighted by Gasteiger charge is -2.25. The van der Waals surface area contributed by atoms with Gasteiger partial charge in [-0.2, -0.15) is 0 Å². The highest BCUT2D eigenvalue weighted by Gasteiger charge is 2.30. The van der Waals surface area contributed by atoms with E-state index in [4.69, 9.17) is 0 Å². The Kier molecular flexibility index (Phi) is 7.64. The summed E-state index contributed by atoms with van der Waals surface area (Å²) in [6.45, 7) is 5.91. The van der Waals surface area contributed by atoms with E-state index in [0.717, 1.165) is 17.0 Å². The van der Waals surface area contributed by atoms with Crippen LogP contribution in [0.25, 0.3) is 10.9 Å². The van der Waals surface area contributed by atoms with E-state index < -0.39 is 29.9 Å². The summed E-state index contributed by atoms with van der Waals surface area (Å²) in [6, 6.07) is 8.46. The molecular formula is C23H29N5O4. The molecule has 0 aliphatic carbocycles. The van der Waals surface area contributed by atoms with Crippen LogP contribution in [0.15, 0.2) is 43.0 Å². The van der Waals surface area contributed by atoms with Crippen LogP contribution in [0.2, 0.25) is 0 Å². The van der Waals surface area contributed by atoms with Crippen molar-refractivity contribution in [3.8, 4) is 0 Å². The highest BCUT2D eigenvalue weighted by Crippen LogP contribution is 2.16. The first-order chi connectivity index (χ1) is 15.4. The topological polar surface area (TPSA) is 132 Å². The molecule has 9 heteroatoms. The van der Waals surface area contributed by atoms with E-state index in [0.29, 0.717) is 31.5 Å². The first-order valence-corrected chi connectivity index (χ1v) is 10.8. The fourth-order valence-corrected chi connectivity index (χ4v) is 3.80. The highest BCUT2D eigenvalue weighted by molar-refractivity contribution is 6.00. The van der Waals surface area contributed by atoms with Gasteiger partial charge in [-0.05, 0) is 37.5 Å². The molecule has 9 nitrogen and oxygen atoms in total. The predicted octanol–water partition coefficient (Wildman–Crippen LogP) is 1.34. The Balaban J connectivity index is 1.69. The fraction of sp³-hybridized carbons (Fsp3) is 0.391. The van der Waals surface area contributed by atoms with E-state index in [1.165, 1.54) is 0 Å². The summed E-state index contributed by atoms with van der Waals surface area (Å²) in [5, 5.41) is 11.9. The number of rotatable bonds is 10. The zero-order valence-electron chi connectivity index (χ0n) is 18.1. The predicted molar refractivity (Wildman–Crippen MR) is 120 cm³/mol. The molecule has 1 aromatic heterocycles. The number of nitrogens with one attached hydrogen (secondary N) is 5. The second-order valence-electron chi connectivity index (χ2n) is 7.87. The van der Waals surface area contributed by atoms with Gasteiger partial charge in [-0.3, -0.25) is 19.2 Å². The second-order valence-corrected chi connectivity index (χ2v) is 7.87. The molecule has 4 amide bonds. The van der Waals surface area contributed by atoms with Gasteiger partial charge in [0.25, 0.3) is 5.91 Å². The molecule has 3 atom stereocenters. The van der Waals surface area contributed by atoms with Crippen LogP contribution in [0.3, 0.4) is 0 Å². The third kappa shape index (κ3) is 5.75. The van der Waals surface area contributed by atoms with E-state index in [1.807, 2.05) is 31.2 Å². The Hall–Kier alpha value is -3.62. The Morgan fingerprint density at radius 1 is 1.22 bits per heavy atom. The summed E-state index contributed by atoms with van der Waals surface area (Å²) < 4.78 is 0. The molecule has 3 rings (SSSR count). The average Bonchev–Trinajstić information content (AvgIpc) is 3.39. The number of hydrogen-bond donors (Lipinski definition) is 5. The maximum atomic E-state index is 13.0. The van der Waals surface area contributed by atoms with Crippen LogP contribution in [-0.4, -0.2) is 47.4 Å². The Bertz CT molecular complexity index is 982. The quantitative estimate of drug-likeness (QED) is 0.282. The standard InChI is InChI=1S/C23H29N5O4/c1-3-7-17(26-23(32)18-12-14-8-5-6-9-16(14)25-18)22(31)28-19(27-20(29)4-2)13-15-10-11-24-21(15)30/h4-6,8-9,12,15,17,19,25H,2-3,7,10-11,13H2,1H3,(H,24,30)(H,26,32)(H,27,29)(H,28,31)/t15-,17-,19-/m0/s1. The lowest BCUT2D eigenvalue weighted by Crippen LogP contribution is -2.55. The monoisotopic (exact) mass is 439 g/mol. The SMILES string of the molecule is C=CC(=O)N[C@H](C[C@@H]1CCNC1=O)NC(=O)[C@H](CCC)NC(=O)c1cc2ccccc2[nH]1. The molecule has 0 saturated carbocycles. The molecule has 0 unspecified atom stereocenters. The van der Waals surface area contributed by atoms with Crippen LogP contribution in [0.5, 0.6) is 0 Å². The summed E-state index contributed by atoms with van der Waals surface area (Å²) >= 11 is 0. The number of para-hydroxylation sites is 1. The van der Waals surface area contributed by atoms with Crippen molar-refractivity contribution in [2.45, 2.75) is 44.8 Å². The molecule has 0 bridgehead atoms. The number of aromatic nitrogens is 1. The molecule has 0 spiro atoms. The van der Waals surface area contributed by atoms with E-state index in [9.17, 15) is 19.2 Å². The molecule has 1 aliphatic rings. The molecule has 2 aromatic rings. The normalized spacial score (nSPS) is 17.3. The third-order valence-electron chi connectivity index (χ3n) is 5.48. The van der Waals surface area contributed by atoms with E-state index in [-0.39, 0.29) is 18.2 Å². The van der Waals surface area contributed by atoms with Crippen molar-refractivity contribution in [2.24, 2.45) is 5.92 Å². The molecular weight excluding hydrogens is 410 g/mol. The zero-order chi connectivity index (χ0) is 23.1. The molecule has 170 valence electrons. The van der Waals surface area contributed by atoms with Gasteiger partial charge in [-0.1, -0.05) is 38.1 Å². The van der Waals surface area contributed by atoms with Crippen molar-refractivity contribution in [3.05, 3.63) is 48.7 Å². The van der Waals surface area contributed by atoms with Crippen molar-refractivity contribution in [1.82, 2.24) is 26.3 Å². The smallest absolute Gasteiger partial charge is 0.268 e. The number of fused-ring (bicyclic) bond motifs is 1. The van der Waals surface area contributed by atoms with Crippen molar-refractivity contribution < 1.29 is 19.2 Å². The Morgan fingerprint density at radius 2 is 2.00 bits per heavy atom. The van der Waals surface area contributed by atoms with Crippen molar-refractivity contribution in [2.75, 3.05) is 6.54 Å². The van der Waals surface area contributed by atoms with Gasteiger partial charge in [0, 0.05) is 23.4 Å². The minimum Gasteiger partial charge on any atom is -0.356 e. The summed E-state index contributed by atoms with van der Waals surface area (Å²) in [5.41, 5.74) is 1.19. The van der Waals surface area contributed by atoms with Gasteiger partial charge in [0.15, 0.2) is 0 Å². The van der Waals surface area contributed by atoms with Crippen LogP contribution < -0.4 is 21.3 Å². The molecule has 1 aliphatic heterocycles. The van der Waals surface area contributed by atoms with Gasteiger partial charge in [-0.25, -0.2) is 0 Å². The van der Waals surface area contributed by atoms with Crippen LogP contribution in [0.4, 0.5) is 0 Å². The molecule has 32 heavy (non-hydrogen) atoms. The number of hydrogen-bond acceptors (Lipinski definition) is 4. The maximum absolute atomic E-state index is 13.0. The fourth-order valence-electron chi connectivity index (χ4n) is 3.80. The molecule has 5 N–H and O–H groups in total. The van der Waals surface area contributed by atoms with Crippen molar-refractivity contribution in [3.63, 3.8) is 0 Å². The third-order valence-corrected chi connectivity index (χ3v) is 5.48. The van der Waals surface area contributed by atoms with Crippen molar-refractivity contribution >= 4 is 34.5 Å². The minimum atomic E-state index is -0.792. The second kappa shape index (κ2) is 10.6. The number of benzene rings is 1. The van der Waals surface area contributed by atoms with E-state index in [2.05, 4.69) is 32.8 Å².